The van der Waals surface area contributed by atoms with Crippen LogP contribution in [0.5, 0.6) is 5.75 Å². The number of aliphatic hydroxyl groups is 1. The van der Waals surface area contributed by atoms with Crippen LogP contribution in [0.2, 0.25) is 0 Å². The second-order valence-corrected chi connectivity index (χ2v) is 4.38. The van der Waals surface area contributed by atoms with Crippen LogP contribution in [-0.2, 0) is 0 Å². The first-order chi connectivity index (χ1) is 9.30. The highest BCUT2D eigenvalue weighted by Crippen LogP contribution is 2.28. The fourth-order valence-corrected chi connectivity index (χ4v) is 2.19. The Labute approximate surface area is 113 Å². The van der Waals surface area contributed by atoms with Crippen LogP contribution in [0.15, 0.2) is 30.5 Å². The zero-order valence-electron chi connectivity index (χ0n) is 11.5. The van der Waals surface area contributed by atoms with E-state index in [0.717, 1.165) is 41.9 Å². The molecule has 19 heavy (non-hydrogen) atoms. The van der Waals surface area contributed by atoms with E-state index in [1.165, 1.54) is 0 Å². The number of aromatic nitrogens is 1. The summed E-state index contributed by atoms with van der Waals surface area (Å²) < 4.78 is 5.29. The monoisotopic (exact) mass is 260 g/mol. The first kappa shape index (κ1) is 13.6. The van der Waals surface area contributed by atoms with E-state index in [4.69, 9.17) is 9.84 Å². The molecule has 0 fully saturated rings. The third-order valence-corrected chi connectivity index (χ3v) is 3.22. The summed E-state index contributed by atoms with van der Waals surface area (Å²) in [6.45, 7) is 3.96. The summed E-state index contributed by atoms with van der Waals surface area (Å²) in [7, 11) is 1.67. The van der Waals surface area contributed by atoms with Crippen molar-refractivity contribution in [3.63, 3.8) is 0 Å². The summed E-state index contributed by atoms with van der Waals surface area (Å²) in [5.41, 5.74) is 0. The molecule has 1 aromatic heterocycles. The predicted molar refractivity (Wildman–Crippen MR) is 77.9 cm³/mol. The normalized spacial score (nSPS) is 10.7. The summed E-state index contributed by atoms with van der Waals surface area (Å²) >= 11 is 0. The Morgan fingerprint density at radius 3 is 2.84 bits per heavy atom. The van der Waals surface area contributed by atoms with Gasteiger partial charge in [0.2, 0.25) is 0 Å². The number of anilines is 1. The van der Waals surface area contributed by atoms with E-state index in [1.807, 2.05) is 30.5 Å². The molecule has 0 spiro atoms. The topological polar surface area (TPSA) is 45.6 Å². The molecule has 4 nitrogen and oxygen atoms in total. The van der Waals surface area contributed by atoms with Gasteiger partial charge in [0.15, 0.2) is 0 Å². The number of benzene rings is 1. The average Bonchev–Trinajstić information content (AvgIpc) is 2.47. The van der Waals surface area contributed by atoms with Gasteiger partial charge in [-0.2, -0.15) is 0 Å². The molecule has 0 bridgehead atoms. The van der Waals surface area contributed by atoms with E-state index in [0.29, 0.717) is 0 Å². The Balaban J connectivity index is 2.45. The number of nitrogens with zero attached hydrogens (tertiary/aromatic N) is 2. The smallest absolute Gasteiger partial charge is 0.136 e. The van der Waals surface area contributed by atoms with Crippen LogP contribution in [-0.4, -0.2) is 36.9 Å². The van der Waals surface area contributed by atoms with Gasteiger partial charge in [0.1, 0.15) is 11.6 Å². The molecular formula is C15H20N2O2. The molecule has 0 unspecified atom stereocenters. The van der Waals surface area contributed by atoms with Crippen molar-refractivity contribution in [3.8, 4) is 5.75 Å². The Morgan fingerprint density at radius 2 is 2.16 bits per heavy atom. The van der Waals surface area contributed by atoms with Gasteiger partial charge in [0.05, 0.1) is 7.11 Å². The Morgan fingerprint density at radius 1 is 1.32 bits per heavy atom. The van der Waals surface area contributed by atoms with E-state index in [2.05, 4.69) is 16.8 Å². The highest BCUT2D eigenvalue weighted by atomic mass is 16.5. The molecule has 0 aliphatic rings. The quantitative estimate of drug-likeness (QED) is 0.866. The number of hydrogen-bond acceptors (Lipinski definition) is 4. The largest absolute Gasteiger partial charge is 0.497 e. The van der Waals surface area contributed by atoms with E-state index in [1.54, 1.807) is 7.11 Å². The summed E-state index contributed by atoms with van der Waals surface area (Å²) in [6, 6.07) is 8.01. The van der Waals surface area contributed by atoms with Gasteiger partial charge in [-0.3, -0.25) is 0 Å². The second kappa shape index (κ2) is 6.38. The molecule has 0 saturated carbocycles. The van der Waals surface area contributed by atoms with Gasteiger partial charge in [-0.1, -0.05) is 6.07 Å². The number of rotatable bonds is 6. The zero-order chi connectivity index (χ0) is 13.7. The van der Waals surface area contributed by atoms with E-state index >= 15 is 0 Å². The van der Waals surface area contributed by atoms with Gasteiger partial charge >= 0.3 is 0 Å². The number of hydrogen-bond donors (Lipinski definition) is 1. The van der Waals surface area contributed by atoms with Crippen molar-refractivity contribution < 1.29 is 9.84 Å². The number of ether oxygens (including phenoxy) is 1. The van der Waals surface area contributed by atoms with Gasteiger partial charge in [-0.15, -0.1) is 0 Å². The van der Waals surface area contributed by atoms with Crippen molar-refractivity contribution in [1.82, 2.24) is 4.98 Å². The summed E-state index contributed by atoms with van der Waals surface area (Å²) in [5, 5.41) is 11.2. The van der Waals surface area contributed by atoms with Gasteiger partial charge in [-0.05, 0) is 36.9 Å². The molecule has 1 heterocycles. The molecule has 0 amide bonds. The van der Waals surface area contributed by atoms with Crippen molar-refractivity contribution in [2.75, 3.05) is 31.7 Å². The van der Waals surface area contributed by atoms with Crippen molar-refractivity contribution in [3.05, 3.63) is 30.5 Å². The van der Waals surface area contributed by atoms with Gasteiger partial charge in [0, 0.05) is 31.3 Å². The third-order valence-electron chi connectivity index (χ3n) is 3.22. The van der Waals surface area contributed by atoms with Gasteiger partial charge in [-0.25, -0.2) is 4.98 Å². The predicted octanol–water partition coefficient (Wildman–Crippen LogP) is 2.45. The molecule has 2 rings (SSSR count). The Bertz CT molecular complexity index is 543. The van der Waals surface area contributed by atoms with Crippen molar-refractivity contribution in [2.45, 2.75) is 13.3 Å². The minimum atomic E-state index is 0.199. The minimum Gasteiger partial charge on any atom is -0.497 e. The SMILES string of the molecule is CCN(CCCO)c1nccc2ccc(OC)cc12. The van der Waals surface area contributed by atoms with Crippen LogP contribution >= 0.6 is 0 Å². The molecule has 4 heteroatoms. The van der Waals surface area contributed by atoms with Crippen LogP contribution in [0.1, 0.15) is 13.3 Å². The molecule has 0 atom stereocenters. The molecular weight excluding hydrogens is 240 g/mol. The van der Waals surface area contributed by atoms with Crippen molar-refractivity contribution >= 4 is 16.6 Å². The lowest BCUT2D eigenvalue weighted by atomic mass is 10.1. The number of methoxy groups -OCH3 is 1. The first-order valence-electron chi connectivity index (χ1n) is 6.58. The second-order valence-electron chi connectivity index (χ2n) is 4.38. The molecule has 0 saturated heterocycles. The lowest BCUT2D eigenvalue weighted by molar-refractivity contribution is 0.289. The standard InChI is InChI=1S/C15H20N2O2/c1-3-17(9-4-10-18)15-14-11-13(19-2)6-5-12(14)7-8-16-15/h5-8,11,18H,3-4,9-10H2,1-2H3. The summed E-state index contributed by atoms with van der Waals surface area (Å²) in [5.74, 6) is 1.78. The third kappa shape index (κ3) is 2.96. The maximum absolute atomic E-state index is 8.99. The Hall–Kier alpha value is -1.81. The fraction of sp³-hybridized carbons (Fsp3) is 0.400. The van der Waals surface area contributed by atoms with Crippen LogP contribution in [0.3, 0.4) is 0 Å². The number of pyridine rings is 1. The molecule has 0 aliphatic heterocycles. The van der Waals surface area contributed by atoms with Crippen LogP contribution in [0.4, 0.5) is 5.82 Å². The minimum absolute atomic E-state index is 0.199. The van der Waals surface area contributed by atoms with Crippen molar-refractivity contribution in [2.24, 2.45) is 0 Å². The summed E-state index contributed by atoms with van der Waals surface area (Å²) in [6.07, 6.45) is 2.57. The lowest BCUT2D eigenvalue weighted by Gasteiger charge is -2.23. The molecule has 1 N–H and O–H groups in total. The highest BCUT2D eigenvalue weighted by molar-refractivity contribution is 5.93. The lowest BCUT2D eigenvalue weighted by Crippen LogP contribution is -2.25. The van der Waals surface area contributed by atoms with Gasteiger partial charge in [0.25, 0.3) is 0 Å². The zero-order valence-corrected chi connectivity index (χ0v) is 11.5. The molecule has 1 aromatic carbocycles. The average molecular weight is 260 g/mol. The van der Waals surface area contributed by atoms with Crippen LogP contribution < -0.4 is 9.64 Å². The van der Waals surface area contributed by atoms with E-state index in [-0.39, 0.29) is 6.61 Å². The Kier molecular flexibility index (Phi) is 4.58. The van der Waals surface area contributed by atoms with Gasteiger partial charge < -0.3 is 14.7 Å². The maximum atomic E-state index is 8.99. The highest BCUT2D eigenvalue weighted by Gasteiger charge is 2.10. The number of aliphatic hydroxyl groups excluding tert-OH is 1. The fourth-order valence-electron chi connectivity index (χ4n) is 2.19. The molecule has 0 aliphatic carbocycles. The molecule has 0 radical (unpaired) electrons. The maximum Gasteiger partial charge on any atom is 0.136 e. The first-order valence-corrected chi connectivity index (χ1v) is 6.58. The van der Waals surface area contributed by atoms with Crippen LogP contribution in [0.25, 0.3) is 10.8 Å². The van der Waals surface area contributed by atoms with E-state index < -0.39 is 0 Å². The molecule has 2 aromatic rings. The number of fused-ring (bicyclic) bond motifs is 1. The van der Waals surface area contributed by atoms with Crippen molar-refractivity contribution in [1.29, 1.82) is 0 Å². The summed E-state index contributed by atoms with van der Waals surface area (Å²) in [4.78, 5) is 6.67. The van der Waals surface area contributed by atoms with E-state index in [9.17, 15) is 0 Å². The molecule has 102 valence electrons. The van der Waals surface area contributed by atoms with Crippen LogP contribution in [0, 0.1) is 0 Å².